The van der Waals surface area contributed by atoms with E-state index in [1.54, 1.807) is 0 Å². The summed E-state index contributed by atoms with van der Waals surface area (Å²) in [7, 11) is 0. The molecular formula is C9H20N2. The van der Waals surface area contributed by atoms with Gasteiger partial charge in [-0.3, -0.25) is 4.90 Å². The molecule has 0 aromatic carbocycles. The fourth-order valence-corrected chi connectivity index (χ4v) is 1.58. The minimum absolute atomic E-state index is 0.376. The van der Waals surface area contributed by atoms with Gasteiger partial charge >= 0.3 is 0 Å². The second-order valence-electron chi connectivity index (χ2n) is 3.84. The van der Waals surface area contributed by atoms with Gasteiger partial charge in [0.15, 0.2) is 0 Å². The van der Waals surface area contributed by atoms with Crippen molar-refractivity contribution in [2.24, 2.45) is 5.73 Å². The Hall–Kier alpha value is -0.0800. The highest BCUT2D eigenvalue weighted by Gasteiger charge is 2.38. The molecule has 66 valence electrons. The summed E-state index contributed by atoms with van der Waals surface area (Å²) >= 11 is 0. The smallest absolute Gasteiger partial charge is 0.0224 e. The monoisotopic (exact) mass is 156 g/mol. The predicted molar refractivity (Wildman–Crippen MR) is 48.5 cm³/mol. The van der Waals surface area contributed by atoms with Crippen molar-refractivity contribution in [1.29, 1.82) is 0 Å². The molecule has 3 unspecified atom stereocenters. The van der Waals surface area contributed by atoms with Gasteiger partial charge in [-0.05, 0) is 40.2 Å². The zero-order valence-electron chi connectivity index (χ0n) is 7.88. The first kappa shape index (κ1) is 9.01. The van der Waals surface area contributed by atoms with E-state index in [-0.39, 0.29) is 0 Å². The Bertz CT molecular complexity index is 115. The topological polar surface area (TPSA) is 29.0 Å². The summed E-state index contributed by atoms with van der Waals surface area (Å²) in [5.41, 5.74) is 5.65. The molecule has 1 aliphatic rings. The number of nitrogens with two attached hydrogens (primary N) is 1. The summed E-state index contributed by atoms with van der Waals surface area (Å²) in [4.78, 5) is 2.52. The van der Waals surface area contributed by atoms with Crippen molar-refractivity contribution in [3.63, 3.8) is 0 Å². The third-order valence-electron chi connectivity index (χ3n) is 2.73. The quantitative estimate of drug-likeness (QED) is 0.620. The highest BCUT2D eigenvalue weighted by atomic mass is 15.3. The summed E-state index contributed by atoms with van der Waals surface area (Å²) < 4.78 is 0. The number of rotatable bonds is 4. The molecule has 11 heavy (non-hydrogen) atoms. The van der Waals surface area contributed by atoms with E-state index >= 15 is 0 Å². The molecule has 1 heterocycles. The fourth-order valence-electron chi connectivity index (χ4n) is 1.58. The van der Waals surface area contributed by atoms with Crippen molar-refractivity contribution in [3.8, 4) is 0 Å². The molecular weight excluding hydrogens is 136 g/mol. The van der Waals surface area contributed by atoms with E-state index in [9.17, 15) is 0 Å². The molecule has 2 N–H and O–H groups in total. The predicted octanol–water partition coefficient (Wildman–Crippen LogP) is 1.21. The molecule has 0 amide bonds. The maximum Gasteiger partial charge on any atom is 0.0224 e. The van der Waals surface area contributed by atoms with Crippen LogP contribution in [-0.2, 0) is 0 Å². The second kappa shape index (κ2) is 3.55. The van der Waals surface area contributed by atoms with E-state index in [0.29, 0.717) is 6.04 Å². The van der Waals surface area contributed by atoms with Crippen LogP contribution in [0.15, 0.2) is 0 Å². The first-order valence-electron chi connectivity index (χ1n) is 4.64. The van der Waals surface area contributed by atoms with Gasteiger partial charge in [0.25, 0.3) is 0 Å². The number of hydrogen-bond donors (Lipinski definition) is 1. The first-order valence-corrected chi connectivity index (χ1v) is 4.64. The lowest BCUT2D eigenvalue weighted by molar-refractivity contribution is 0.454. The van der Waals surface area contributed by atoms with Crippen LogP contribution in [-0.4, -0.2) is 29.6 Å². The van der Waals surface area contributed by atoms with Crippen LogP contribution in [0.1, 0.15) is 33.6 Å². The zero-order chi connectivity index (χ0) is 8.43. The van der Waals surface area contributed by atoms with E-state index in [2.05, 4.69) is 25.7 Å². The molecule has 0 aliphatic carbocycles. The van der Waals surface area contributed by atoms with E-state index in [1.165, 1.54) is 13.0 Å². The minimum atomic E-state index is 0.376. The molecule has 1 fully saturated rings. The average Bonchev–Trinajstić information content (AvgIpc) is 2.44. The maximum atomic E-state index is 5.65. The maximum absolute atomic E-state index is 5.65. The van der Waals surface area contributed by atoms with E-state index in [4.69, 9.17) is 5.73 Å². The van der Waals surface area contributed by atoms with Gasteiger partial charge in [-0.25, -0.2) is 0 Å². The summed E-state index contributed by atoms with van der Waals surface area (Å²) in [6.07, 6.45) is 2.42. The fraction of sp³-hybridized carbons (Fsp3) is 1.00. The Morgan fingerprint density at radius 2 is 1.91 bits per heavy atom. The van der Waals surface area contributed by atoms with E-state index in [1.807, 2.05) is 0 Å². The molecule has 1 aliphatic heterocycles. The van der Waals surface area contributed by atoms with Gasteiger partial charge in [-0.1, -0.05) is 0 Å². The third kappa shape index (κ3) is 2.46. The highest BCUT2D eigenvalue weighted by molar-refractivity contribution is 4.95. The Morgan fingerprint density at radius 3 is 2.27 bits per heavy atom. The normalized spacial score (nSPS) is 38.7. The lowest BCUT2D eigenvalue weighted by Gasteiger charge is -2.05. The molecule has 2 heteroatoms. The van der Waals surface area contributed by atoms with E-state index < -0.39 is 0 Å². The summed E-state index contributed by atoms with van der Waals surface area (Å²) in [6, 6.07) is 2.02. The first-order chi connectivity index (χ1) is 5.13. The summed E-state index contributed by atoms with van der Waals surface area (Å²) in [6.45, 7) is 7.89. The second-order valence-corrected chi connectivity index (χ2v) is 3.84. The van der Waals surface area contributed by atoms with Crippen molar-refractivity contribution < 1.29 is 0 Å². The summed E-state index contributed by atoms with van der Waals surface area (Å²) in [5.74, 6) is 0. The average molecular weight is 156 g/mol. The van der Waals surface area contributed by atoms with Gasteiger partial charge < -0.3 is 5.73 Å². The van der Waals surface area contributed by atoms with Crippen LogP contribution in [0.4, 0.5) is 0 Å². The van der Waals surface area contributed by atoms with Crippen LogP contribution in [0, 0.1) is 0 Å². The van der Waals surface area contributed by atoms with Crippen molar-refractivity contribution in [3.05, 3.63) is 0 Å². The summed E-state index contributed by atoms with van der Waals surface area (Å²) in [5, 5.41) is 0. The Balaban J connectivity index is 1.97. The Morgan fingerprint density at radius 1 is 1.36 bits per heavy atom. The lowest BCUT2D eigenvalue weighted by Crippen LogP contribution is -2.16. The van der Waals surface area contributed by atoms with Gasteiger partial charge in [-0.2, -0.15) is 0 Å². The molecule has 0 spiro atoms. The van der Waals surface area contributed by atoms with E-state index in [0.717, 1.165) is 18.5 Å². The molecule has 1 rings (SSSR count). The molecule has 0 saturated carbocycles. The van der Waals surface area contributed by atoms with Gasteiger partial charge in [0, 0.05) is 18.1 Å². The standard InChI is InChI=1S/C9H20N2/c1-7(10)5-4-6-11-8(2)9(11)3/h7-9H,4-6,10H2,1-3H3. The van der Waals surface area contributed by atoms with Gasteiger partial charge in [0.1, 0.15) is 0 Å². The Labute approximate surface area is 69.8 Å². The molecule has 0 bridgehead atoms. The Kier molecular flexibility index (Phi) is 2.90. The molecule has 2 nitrogen and oxygen atoms in total. The van der Waals surface area contributed by atoms with Crippen LogP contribution < -0.4 is 5.73 Å². The van der Waals surface area contributed by atoms with Gasteiger partial charge in [0.2, 0.25) is 0 Å². The molecule has 1 saturated heterocycles. The minimum Gasteiger partial charge on any atom is -0.328 e. The van der Waals surface area contributed by atoms with Crippen LogP contribution in [0.5, 0.6) is 0 Å². The molecule has 0 aromatic heterocycles. The van der Waals surface area contributed by atoms with Gasteiger partial charge in [-0.15, -0.1) is 0 Å². The van der Waals surface area contributed by atoms with Crippen molar-refractivity contribution in [2.45, 2.75) is 51.7 Å². The van der Waals surface area contributed by atoms with Crippen LogP contribution in [0.3, 0.4) is 0 Å². The molecule has 0 radical (unpaired) electrons. The van der Waals surface area contributed by atoms with Gasteiger partial charge in [0.05, 0.1) is 0 Å². The van der Waals surface area contributed by atoms with Crippen molar-refractivity contribution in [2.75, 3.05) is 6.54 Å². The molecule has 3 atom stereocenters. The van der Waals surface area contributed by atoms with Crippen molar-refractivity contribution >= 4 is 0 Å². The largest absolute Gasteiger partial charge is 0.328 e. The van der Waals surface area contributed by atoms with Crippen LogP contribution in [0.2, 0.25) is 0 Å². The van der Waals surface area contributed by atoms with Crippen molar-refractivity contribution in [1.82, 2.24) is 4.90 Å². The number of nitrogens with zero attached hydrogens (tertiary/aromatic N) is 1. The number of hydrogen-bond acceptors (Lipinski definition) is 2. The zero-order valence-corrected chi connectivity index (χ0v) is 7.88. The third-order valence-corrected chi connectivity index (χ3v) is 2.73. The van der Waals surface area contributed by atoms with Crippen LogP contribution >= 0.6 is 0 Å². The SMILES string of the molecule is CC(N)CCCN1C(C)C1C. The molecule has 0 aromatic rings. The highest BCUT2D eigenvalue weighted by Crippen LogP contribution is 2.26. The van der Waals surface area contributed by atoms with Crippen LogP contribution in [0.25, 0.3) is 0 Å². The lowest BCUT2D eigenvalue weighted by atomic mass is 10.2.